The highest BCUT2D eigenvalue weighted by atomic mass is 32.2. The molecule has 0 spiro atoms. The molecule has 3 rings (SSSR count). The Morgan fingerprint density at radius 2 is 1.63 bits per heavy atom. The van der Waals surface area contributed by atoms with Crippen molar-refractivity contribution < 1.29 is 9.59 Å². The maximum atomic E-state index is 13.0. The fourth-order valence-corrected chi connectivity index (χ4v) is 5.09. The number of likely N-dealkylation sites (tertiary alicyclic amines) is 1. The summed E-state index contributed by atoms with van der Waals surface area (Å²) in [4.78, 5) is 30.5. The molecule has 1 saturated heterocycles. The predicted octanol–water partition coefficient (Wildman–Crippen LogP) is 4.59. The van der Waals surface area contributed by atoms with Crippen molar-refractivity contribution in [2.75, 3.05) is 25.9 Å². The number of nitrogens with zero attached hydrogens (tertiary/aromatic N) is 2. The van der Waals surface area contributed by atoms with Crippen LogP contribution in [0.5, 0.6) is 0 Å². The van der Waals surface area contributed by atoms with E-state index < -0.39 is 0 Å². The molecule has 27 heavy (non-hydrogen) atoms. The second kappa shape index (κ2) is 10.2. The van der Waals surface area contributed by atoms with Crippen LogP contribution < -0.4 is 0 Å². The fraction of sp³-hybridized carbons (Fsp3) is 0.636. The lowest BCUT2D eigenvalue weighted by Gasteiger charge is -2.31. The molecule has 0 unspecified atom stereocenters. The summed E-state index contributed by atoms with van der Waals surface area (Å²) in [5.41, 5.74) is 0.748. The summed E-state index contributed by atoms with van der Waals surface area (Å²) in [6.45, 7) is 1.70. The summed E-state index contributed by atoms with van der Waals surface area (Å²) in [6.07, 6.45) is 10.6. The van der Waals surface area contributed by atoms with E-state index in [-0.39, 0.29) is 11.8 Å². The second-order valence-corrected chi connectivity index (χ2v) is 8.80. The first-order valence-electron chi connectivity index (χ1n) is 10.4. The number of carbonyl (C=O) groups is 2. The van der Waals surface area contributed by atoms with Crippen molar-refractivity contribution in [2.45, 2.75) is 68.7 Å². The molecule has 1 aliphatic carbocycles. The summed E-state index contributed by atoms with van der Waals surface area (Å²) in [6, 6.07) is 8.15. The lowest BCUT2D eigenvalue weighted by atomic mass is 9.94. The third-order valence-electron chi connectivity index (χ3n) is 5.88. The third kappa shape index (κ3) is 5.50. The zero-order valence-electron chi connectivity index (χ0n) is 16.5. The lowest BCUT2D eigenvalue weighted by molar-refractivity contribution is -0.129. The Morgan fingerprint density at radius 1 is 1.00 bits per heavy atom. The molecule has 2 fully saturated rings. The van der Waals surface area contributed by atoms with Crippen molar-refractivity contribution in [2.24, 2.45) is 0 Å². The number of rotatable bonds is 5. The molecule has 1 aliphatic heterocycles. The number of thioether (sulfide) groups is 1. The molecule has 0 radical (unpaired) electrons. The van der Waals surface area contributed by atoms with Gasteiger partial charge in [0.1, 0.15) is 0 Å². The van der Waals surface area contributed by atoms with Crippen molar-refractivity contribution in [3.05, 3.63) is 29.8 Å². The molecule has 0 aromatic heterocycles. The zero-order chi connectivity index (χ0) is 19.1. The average Bonchev–Trinajstić information content (AvgIpc) is 3.01. The number of benzene rings is 1. The maximum Gasteiger partial charge on any atom is 0.254 e. The van der Waals surface area contributed by atoms with Gasteiger partial charge in [0.15, 0.2) is 0 Å². The molecule has 2 amide bonds. The fourth-order valence-electron chi connectivity index (χ4n) is 4.13. The van der Waals surface area contributed by atoms with E-state index in [0.717, 1.165) is 49.2 Å². The van der Waals surface area contributed by atoms with Gasteiger partial charge in [-0.05, 0) is 37.8 Å². The number of hydrogen-bond donors (Lipinski definition) is 0. The Labute approximate surface area is 167 Å². The highest BCUT2D eigenvalue weighted by molar-refractivity contribution is 8.00. The molecular formula is C22H32N2O2S. The van der Waals surface area contributed by atoms with Crippen molar-refractivity contribution in [1.82, 2.24) is 9.80 Å². The van der Waals surface area contributed by atoms with E-state index >= 15 is 0 Å². The minimum absolute atomic E-state index is 0.119. The van der Waals surface area contributed by atoms with Crippen LogP contribution in [-0.2, 0) is 4.79 Å². The van der Waals surface area contributed by atoms with E-state index in [0.29, 0.717) is 11.8 Å². The summed E-state index contributed by atoms with van der Waals surface area (Å²) < 4.78 is 0. The first kappa shape index (κ1) is 20.2. The average molecular weight is 389 g/mol. The molecule has 4 nitrogen and oxygen atoms in total. The van der Waals surface area contributed by atoms with E-state index in [2.05, 4.69) is 0 Å². The van der Waals surface area contributed by atoms with E-state index in [4.69, 9.17) is 0 Å². The second-order valence-electron chi connectivity index (χ2n) is 7.79. The zero-order valence-corrected chi connectivity index (χ0v) is 17.3. The van der Waals surface area contributed by atoms with Gasteiger partial charge in [-0.1, -0.05) is 44.2 Å². The Bertz CT molecular complexity index is 635. The smallest absolute Gasteiger partial charge is 0.254 e. The molecular weight excluding hydrogens is 356 g/mol. The topological polar surface area (TPSA) is 40.6 Å². The molecule has 0 bridgehead atoms. The van der Waals surface area contributed by atoms with Crippen LogP contribution in [0, 0.1) is 0 Å². The number of amides is 2. The Hall–Kier alpha value is -1.49. The predicted molar refractivity (Wildman–Crippen MR) is 111 cm³/mol. The van der Waals surface area contributed by atoms with Crippen LogP contribution in [0.15, 0.2) is 29.2 Å². The minimum Gasteiger partial charge on any atom is -0.342 e. The van der Waals surface area contributed by atoms with Crippen molar-refractivity contribution in [3.8, 4) is 0 Å². The molecule has 2 aliphatic rings. The number of hydrogen-bond acceptors (Lipinski definition) is 3. The molecule has 0 atom stereocenters. The molecule has 148 valence electrons. The molecule has 1 heterocycles. The monoisotopic (exact) mass is 388 g/mol. The van der Waals surface area contributed by atoms with Crippen molar-refractivity contribution in [1.29, 1.82) is 0 Å². The molecule has 1 saturated carbocycles. The van der Waals surface area contributed by atoms with Gasteiger partial charge in [0.2, 0.25) is 5.91 Å². The van der Waals surface area contributed by atoms with Crippen molar-refractivity contribution in [3.63, 3.8) is 0 Å². The molecule has 1 aromatic carbocycles. The van der Waals surface area contributed by atoms with Gasteiger partial charge in [-0.2, -0.15) is 0 Å². The highest BCUT2D eigenvalue weighted by Gasteiger charge is 2.23. The highest BCUT2D eigenvalue weighted by Crippen LogP contribution is 2.27. The van der Waals surface area contributed by atoms with Gasteiger partial charge in [0.05, 0.1) is 11.3 Å². The van der Waals surface area contributed by atoms with Gasteiger partial charge in [0, 0.05) is 31.1 Å². The quantitative estimate of drug-likeness (QED) is 0.693. The molecule has 1 aromatic rings. The lowest BCUT2D eigenvalue weighted by Crippen LogP contribution is -2.39. The van der Waals surface area contributed by atoms with Crippen LogP contribution in [-0.4, -0.2) is 53.5 Å². The maximum absolute atomic E-state index is 13.0. The summed E-state index contributed by atoms with van der Waals surface area (Å²) in [5.74, 6) is 0.689. The number of carbonyl (C=O) groups excluding carboxylic acids is 2. The standard InChI is InChI=1S/C22H32N2O2S/c1-23(18-11-5-4-6-12-18)21(25)17-27-20-14-8-7-13-19(20)22(26)24-15-9-2-3-10-16-24/h7-8,13-14,18H,2-6,9-12,15-17H2,1H3. The van der Waals surface area contributed by atoms with Crippen LogP contribution in [0.3, 0.4) is 0 Å². The van der Waals surface area contributed by atoms with Gasteiger partial charge in [-0.3, -0.25) is 9.59 Å². The molecule has 5 heteroatoms. The molecule has 0 N–H and O–H groups in total. The Kier molecular flexibility index (Phi) is 7.62. The minimum atomic E-state index is 0.119. The van der Waals surface area contributed by atoms with Gasteiger partial charge in [0.25, 0.3) is 5.91 Å². The summed E-state index contributed by atoms with van der Waals surface area (Å²) in [5, 5.41) is 0. The van der Waals surface area contributed by atoms with E-state index in [1.165, 1.54) is 43.9 Å². The Balaban J connectivity index is 1.61. The SMILES string of the molecule is CN(C(=O)CSc1ccccc1C(=O)N1CCCCCC1)C1CCCCC1. The van der Waals surface area contributed by atoms with Crippen LogP contribution in [0.25, 0.3) is 0 Å². The van der Waals surface area contributed by atoms with Crippen LogP contribution in [0.2, 0.25) is 0 Å². The van der Waals surface area contributed by atoms with Gasteiger partial charge >= 0.3 is 0 Å². The van der Waals surface area contributed by atoms with E-state index in [1.807, 2.05) is 41.1 Å². The van der Waals surface area contributed by atoms with Crippen LogP contribution in [0.1, 0.15) is 68.1 Å². The first-order valence-corrected chi connectivity index (χ1v) is 11.4. The van der Waals surface area contributed by atoms with Gasteiger partial charge < -0.3 is 9.80 Å². The van der Waals surface area contributed by atoms with E-state index in [1.54, 1.807) is 0 Å². The normalized spacial score (nSPS) is 18.8. The van der Waals surface area contributed by atoms with Crippen molar-refractivity contribution >= 4 is 23.6 Å². The van der Waals surface area contributed by atoms with Crippen LogP contribution in [0.4, 0.5) is 0 Å². The first-order chi connectivity index (χ1) is 13.2. The largest absolute Gasteiger partial charge is 0.342 e. The summed E-state index contributed by atoms with van der Waals surface area (Å²) in [7, 11) is 1.94. The summed E-state index contributed by atoms with van der Waals surface area (Å²) >= 11 is 1.51. The third-order valence-corrected chi connectivity index (χ3v) is 6.94. The van der Waals surface area contributed by atoms with E-state index in [9.17, 15) is 9.59 Å². The van der Waals surface area contributed by atoms with Crippen LogP contribution >= 0.6 is 11.8 Å². The van der Waals surface area contributed by atoms with Gasteiger partial charge in [-0.15, -0.1) is 11.8 Å². The Morgan fingerprint density at radius 3 is 2.33 bits per heavy atom. The van der Waals surface area contributed by atoms with Gasteiger partial charge in [-0.25, -0.2) is 0 Å².